The first-order valence-corrected chi connectivity index (χ1v) is 6.85. The van der Waals surface area contributed by atoms with Gasteiger partial charge in [-0.3, -0.25) is 4.68 Å². The fourth-order valence-corrected chi connectivity index (χ4v) is 2.24. The van der Waals surface area contributed by atoms with E-state index in [1.165, 1.54) is 12.0 Å². The van der Waals surface area contributed by atoms with Crippen molar-refractivity contribution in [3.63, 3.8) is 0 Å². The van der Waals surface area contributed by atoms with Crippen molar-refractivity contribution in [2.75, 3.05) is 18.6 Å². The molecule has 86 valence electrons. The normalized spacial score (nSPS) is 13.0. The highest BCUT2D eigenvalue weighted by Gasteiger charge is 2.08. The zero-order valence-electron chi connectivity index (χ0n) is 9.86. The number of nitrogens with one attached hydrogen (secondary N) is 1. The molecule has 3 nitrogen and oxygen atoms in total. The van der Waals surface area contributed by atoms with Crippen molar-refractivity contribution in [2.24, 2.45) is 7.05 Å². The Kier molecular flexibility index (Phi) is 5.79. The molecule has 1 rings (SSSR count). The quantitative estimate of drug-likeness (QED) is 0.769. The second-order valence-electron chi connectivity index (χ2n) is 3.83. The Labute approximate surface area is 96.6 Å². The van der Waals surface area contributed by atoms with Gasteiger partial charge in [-0.25, -0.2) is 0 Å². The average molecular weight is 227 g/mol. The average Bonchev–Trinajstić information content (AvgIpc) is 2.61. The van der Waals surface area contributed by atoms with Gasteiger partial charge in [-0.1, -0.05) is 6.92 Å². The van der Waals surface area contributed by atoms with Crippen molar-refractivity contribution in [1.29, 1.82) is 0 Å². The topological polar surface area (TPSA) is 29.9 Å². The lowest BCUT2D eigenvalue weighted by Gasteiger charge is -2.16. The van der Waals surface area contributed by atoms with Crippen LogP contribution in [-0.2, 0) is 13.5 Å². The van der Waals surface area contributed by atoms with Crippen molar-refractivity contribution < 1.29 is 0 Å². The SMILES string of the molecule is CCCNC(CSC)Cc1cnn(C)c1. The monoisotopic (exact) mass is 227 g/mol. The fourth-order valence-electron chi connectivity index (χ4n) is 1.60. The minimum atomic E-state index is 0.573. The summed E-state index contributed by atoms with van der Waals surface area (Å²) >= 11 is 1.90. The molecule has 0 radical (unpaired) electrons. The van der Waals surface area contributed by atoms with Gasteiger partial charge in [0.25, 0.3) is 0 Å². The summed E-state index contributed by atoms with van der Waals surface area (Å²) in [7, 11) is 1.96. The maximum Gasteiger partial charge on any atom is 0.0522 e. The number of aromatic nitrogens is 2. The van der Waals surface area contributed by atoms with Gasteiger partial charge in [0.05, 0.1) is 6.20 Å². The van der Waals surface area contributed by atoms with Crippen molar-refractivity contribution >= 4 is 11.8 Å². The maximum absolute atomic E-state index is 4.19. The van der Waals surface area contributed by atoms with E-state index < -0.39 is 0 Å². The number of rotatable bonds is 7. The van der Waals surface area contributed by atoms with Crippen LogP contribution in [0.3, 0.4) is 0 Å². The van der Waals surface area contributed by atoms with Crippen molar-refractivity contribution in [1.82, 2.24) is 15.1 Å². The number of hydrogen-bond acceptors (Lipinski definition) is 3. The van der Waals surface area contributed by atoms with Gasteiger partial charge < -0.3 is 5.32 Å². The lowest BCUT2D eigenvalue weighted by molar-refractivity contribution is 0.550. The predicted molar refractivity (Wildman–Crippen MR) is 67.4 cm³/mol. The van der Waals surface area contributed by atoms with Crippen molar-refractivity contribution in [3.05, 3.63) is 18.0 Å². The summed E-state index contributed by atoms with van der Waals surface area (Å²) in [5.74, 6) is 1.16. The largest absolute Gasteiger partial charge is 0.313 e. The maximum atomic E-state index is 4.19. The zero-order chi connectivity index (χ0) is 11.1. The van der Waals surface area contributed by atoms with Crippen LogP contribution in [0.5, 0.6) is 0 Å². The number of aryl methyl sites for hydroxylation is 1. The summed E-state index contributed by atoms with van der Waals surface area (Å²) in [5.41, 5.74) is 1.32. The Balaban J connectivity index is 2.42. The van der Waals surface area contributed by atoms with Crippen LogP contribution in [0, 0.1) is 0 Å². The van der Waals surface area contributed by atoms with Gasteiger partial charge in [0, 0.05) is 25.0 Å². The van der Waals surface area contributed by atoms with Crippen molar-refractivity contribution in [2.45, 2.75) is 25.8 Å². The van der Waals surface area contributed by atoms with Crippen LogP contribution in [0.4, 0.5) is 0 Å². The molecule has 1 N–H and O–H groups in total. The molecule has 1 aromatic rings. The third-order valence-corrected chi connectivity index (χ3v) is 3.03. The highest BCUT2D eigenvalue weighted by atomic mass is 32.2. The summed E-state index contributed by atoms with van der Waals surface area (Å²) in [4.78, 5) is 0. The van der Waals surface area contributed by atoms with Gasteiger partial charge in [0.15, 0.2) is 0 Å². The Bertz CT molecular complexity index is 273. The lowest BCUT2D eigenvalue weighted by Crippen LogP contribution is -2.33. The van der Waals surface area contributed by atoms with Gasteiger partial charge >= 0.3 is 0 Å². The van der Waals surface area contributed by atoms with Crippen LogP contribution in [0.2, 0.25) is 0 Å². The van der Waals surface area contributed by atoms with Gasteiger partial charge in [-0.2, -0.15) is 16.9 Å². The van der Waals surface area contributed by atoms with E-state index in [2.05, 4.69) is 29.8 Å². The molecule has 1 unspecified atom stereocenters. The van der Waals surface area contributed by atoms with E-state index in [1.54, 1.807) is 0 Å². The zero-order valence-corrected chi connectivity index (χ0v) is 10.7. The molecule has 0 aromatic carbocycles. The number of nitrogens with zero attached hydrogens (tertiary/aromatic N) is 2. The van der Waals surface area contributed by atoms with E-state index in [4.69, 9.17) is 0 Å². The minimum absolute atomic E-state index is 0.573. The first-order valence-electron chi connectivity index (χ1n) is 5.46. The number of hydrogen-bond donors (Lipinski definition) is 1. The molecule has 0 saturated heterocycles. The highest BCUT2D eigenvalue weighted by Crippen LogP contribution is 2.06. The molecule has 1 aromatic heterocycles. The number of thioether (sulfide) groups is 1. The molecule has 0 aliphatic rings. The smallest absolute Gasteiger partial charge is 0.0522 e. The molecule has 1 heterocycles. The third-order valence-electron chi connectivity index (χ3n) is 2.29. The summed E-state index contributed by atoms with van der Waals surface area (Å²) in [6.07, 6.45) is 8.48. The molecule has 0 amide bonds. The lowest BCUT2D eigenvalue weighted by atomic mass is 10.1. The van der Waals surface area contributed by atoms with Crippen LogP contribution in [0.15, 0.2) is 12.4 Å². The first kappa shape index (κ1) is 12.6. The van der Waals surface area contributed by atoms with Crippen molar-refractivity contribution in [3.8, 4) is 0 Å². The van der Waals surface area contributed by atoms with Crippen LogP contribution in [0.25, 0.3) is 0 Å². The molecule has 0 bridgehead atoms. The molecule has 4 heteroatoms. The van der Waals surface area contributed by atoms with Gasteiger partial charge in [0.2, 0.25) is 0 Å². The highest BCUT2D eigenvalue weighted by molar-refractivity contribution is 7.98. The van der Waals surface area contributed by atoms with E-state index in [9.17, 15) is 0 Å². The van der Waals surface area contributed by atoms with E-state index in [0.717, 1.165) is 18.7 Å². The molecule has 1 atom stereocenters. The molecule has 15 heavy (non-hydrogen) atoms. The van der Waals surface area contributed by atoms with E-state index in [0.29, 0.717) is 6.04 Å². The van der Waals surface area contributed by atoms with Crippen LogP contribution >= 0.6 is 11.8 Å². The molecule has 0 fully saturated rings. The molecular weight excluding hydrogens is 206 g/mol. The van der Waals surface area contributed by atoms with Crippen LogP contribution in [-0.4, -0.2) is 34.4 Å². The third kappa shape index (κ3) is 4.71. The molecule has 0 spiro atoms. The Hall–Kier alpha value is -0.480. The standard InChI is InChI=1S/C11H21N3S/c1-4-5-12-11(9-15-3)6-10-7-13-14(2)8-10/h7-8,11-12H,4-6,9H2,1-3H3. The van der Waals surface area contributed by atoms with Crippen LogP contribution in [0.1, 0.15) is 18.9 Å². The molecule has 0 aliphatic heterocycles. The molecular formula is C11H21N3S. The summed E-state index contributed by atoms with van der Waals surface area (Å²) in [6, 6.07) is 0.573. The molecule has 0 aliphatic carbocycles. The predicted octanol–water partition coefficient (Wildman–Crippen LogP) is 1.69. The van der Waals surface area contributed by atoms with Gasteiger partial charge in [-0.15, -0.1) is 0 Å². The van der Waals surface area contributed by atoms with Crippen LogP contribution < -0.4 is 5.32 Å². The van der Waals surface area contributed by atoms with E-state index in [1.807, 2.05) is 29.7 Å². The summed E-state index contributed by atoms with van der Waals surface area (Å²) in [6.45, 7) is 3.30. The summed E-state index contributed by atoms with van der Waals surface area (Å²) < 4.78 is 1.87. The Morgan fingerprint density at radius 3 is 2.93 bits per heavy atom. The van der Waals surface area contributed by atoms with E-state index in [-0.39, 0.29) is 0 Å². The molecule has 0 saturated carbocycles. The minimum Gasteiger partial charge on any atom is -0.313 e. The van der Waals surface area contributed by atoms with Gasteiger partial charge in [0.1, 0.15) is 0 Å². The Morgan fingerprint density at radius 2 is 2.40 bits per heavy atom. The van der Waals surface area contributed by atoms with Gasteiger partial charge in [-0.05, 0) is 31.2 Å². The second-order valence-corrected chi connectivity index (χ2v) is 4.74. The second kappa shape index (κ2) is 6.90. The first-order chi connectivity index (χ1) is 7.26. The fraction of sp³-hybridized carbons (Fsp3) is 0.727. The Morgan fingerprint density at radius 1 is 1.60 bits per heavy atom. The van der Waals surface area contributed by atoms with E-state index >= 15 is 0 Å². The summed E-state index contributed by atoms with van der Waals surface area (Å²) in [5, 5.41) is 7.76.